The molecule has 166 valence electrons. The van der Waals surface area contributed by atoms with Crippen molar-refractivity contribution in [2.24, 2.45) is 0 Å². The molecule has 1 aromatic carbocycles. The van der Waals surface area contributed by atoms with Crippen molar-refractivity contribution >= 4 is 17.5 Å². The summed E-state index contributed by atoms with van der Waals surface area (Å²) in [5.74, 6) is -1.02. The molecule has 0 atom stereocenters. The van der Waals surface area contributed by atoms with Crippen LogP contribution >= 0.6 is 11.6 Å². The third-order valence-electron chi connectivity index (χ3n) is 5.51. The van der Waals surface area contributed by atoms with Gasteiger partial charge in [0, 0.05) is 6.54 Å². The Bertz CT molecular complexity index is 550. The van der Waals surface area contributed by atoms with Crippen LogP contribution in [0.5, 0.6) is 0 Å². The van der Waals surface area contributed by atoms with Crippen LogP contribution in [0.15, 0.2) is 18.2 Å². The van der Waals surface area contributed by atoms with E-state index >= 15 is 0 Å². The van der Waals surface area contributed by atoms with E-state index in [0.29, 0.717) is 6.54 Å². The van der Waals surface area contributed by atoms with Gasteiger partial charge in [0.25, 0.3) is 5.91 Å². The molecule has 0 aromatic heterocycles. The highest BCUT2D eigenvalue weighted by Gasteiger charge is 2.13. The monoisotopic (exact) mass is 425 g/mol. The Balaban J connectivity index is 1.84. The minimum absolute atomic E-state index is 0.0138. The van der Waals surface area contributed by atoms with Crippen molar-refractivity contribution in [2.75, 3.05) is 6.54 Å². The highest BCUT2D eigenvalue weighted by atomic mass is 35.5. The molecule has 29 heavy (non-hydrogen) atoms. The Labute approximate surface area is 183 Å². The molecule has 0 unspecified atom stereocenters. The fourth-order valence-corrected chi connectivity index (χ4v) is 3.82. The summed E-state index contributed by atoms with van der Waals surface area (Å²) in [7, 11) is 0. The first-order valence-corrected chi connectivity index (χ1v) is 12.3. The van der Waals surface area contributed by atoms with Gasteiger partial charge in [-0.25, -0.2) is 4.39 Å². The molecule has 0 aliphatic carbocycles. The van der Waals surface area contributed by atoms with Gasteiger partial charge in [-0.1, -0.05) is 121 Å². The van der Waals surface area contributed by atoms with Crippen molar-refractivity contribution in [2.45, 2.75) is 110 Å². The van der Waals surface area contributed by atoms with Crippen LogP contribution in [0.1, 0.15) is 120 Å². The maximum atomic E-state index is 13.8. The van der Waals surface area contributed by atoms with Gasteiger partial charge in [0.1, 0.15) is 0 Å². The molecule has 4 heteroatoms. The Morgan fingerprint density at radius 2 is 1.24 bits per heavy atom. The average Bonchev–Trinajstić information content (AvgIpc) is 2.72. The molecule has 0 spiro atoms. The average molecular weight is 426 g/mol. The van der Waals surface area contributed by atoms with Gasteiger partial charge in [-0.05, 0) is 18.6 Å². The van der Waals surface area contributed by atoms with Gasteiger partial charge in [0.05, 0.1) is 10.6 Å². The van der Waals surface area contributed by atoms with E-state index in [1.165, 1.54) is 102 Å². The number of hydrogen-bond acceptors (Lipinski definition) is 1. The lowest BCUT2D eigenvalue weighted by molar-refractivity contribution is 0.0949. The highest BCUT2D eigenvalue weighted by Crippen LogP contribution is 2.18. The second-order valence-corrected chi connectivity index (χ2v) is 8.57. The van der Waals surface area contributed by atoms with E-state index in [9.17, 15) is 9.18 Å². The molecule has 0 radical (unpaired) electrons. The standard InChI is InChI=1S/C25H41ClFNO/c1-2-3-4-5-6-7-8-9-10-11-12-13-14-15-16-17-21-28-25(29)22-19-18-20-23(26)24(22)27/h18-20H,2-17,21H2,1H3,(H,28,29). The summed E-state index contributed by atoms with van der Waals surface area (Å²) in [5.41, 5.74) is 0.0222. The zero-order valence-electron chi connectivity index (χ0n) is 18.4. The molecular weight excluding hydrogens is 385 g/mol. The molecule has 0 aliphatic heterocycles. The number of rotatable bonds is 18. The van der Waals surface area contributed by atoms with Crippen LogP contribution < -0.4 is 5.32 Å². The van der Waals surface area contributed by atoms with E-state index in [1.54, 1.807) is 6.07 Å². The highest BCUT2D eigenvalue weighted by molar-refractivity contribution is 6.31. The van der Waals surface area contributed by atoms with E-state index in [-0.39, 0.29) is 16.5 Å². The van der Waals surface area contributed by atoms with Crippen molar-refractivity contribution in [3.63, 3.8) is 0 Å². The molecule has 0 aliphatic rings. The Morgan fingerprint density at radius 1 is 0.793 bits per heavy atom. The summed E-state index contributed by atoms with van der Waals surface area (Å²) in [6, 6.07) is 4.50. The summed E-state index contributed by atoms with van der Waals surface area (Å²) < 4.78 is 13.8. The van der Waals surface area contributed by atoms with Crippen molar-refractivity contribution in [3.05, 3.63) is 34.6 Å². The maximum Gasteiger partial charge on any atom is 0.254 e. The number of unbranched alkanes of at least 4 members (excludes halogenated alkanes) is 15. The van der Waals surface area contributed by atoms with Crippen LogP contribution in [0.3, 0.4) is 0 Å². The maximum absolute atomic E-state index is 13.8. The van der Waals surface area contributed by atoms with Gasteiger partial charge in [-0.3, -0.25) is 4.79 Å². The lowest BCUT2D eigenvalue weighted by atomic mass is 10.0. The first kappa shape index (κ1) is 25.9. The van der Waals surface area contributed by atoms with Crippen molar-refractivity contribution in [1.82, 2.24) is 5.32 Å². The Hall–Kier alpha value is -1.09. The Morgan fingerprint density at radius 3 is 1.72 bits per heavy atom. The lowest BCUT2D eigenvalue weighted by Gasteiger charge is -2.07. The van der Waals surface area contributed by atoms with E-state index in [4.69, 9.17) is 11.6 Å². The Kier molecular flexibility index (Phi) is 15.9. The molecule has 0 heterocycles. The topological polar surface area (TPSA) is 29.1 Å². The SMILES string of the molecule is CCCCCCCCCCCCCCCCCCNC(=O)c1cccc(Cl)c1F. The predicted octanol–water partition coefficient (Wildman–Crippen LogP) is 8.47. The van der Waals surface area contributed by atoms with Gasteiger partial charge >= 0.3 is 0 Å². The van der Waals surface area contributed by atoms with Crippen molar-refractivity contribution in [1.29, 1.82) is 0 Å². The zero-order valence-corrected chi connectivity index (χ0v) is 19.2. The molecule has 0 saturated carbocycles. The fraction of sp³-hybridized carbons (Fsp3) is 0.720. The third-order valence-corrected chi connectivity index (χ3v) is 5.80. The number of halogens is 2. The van der Waals surface area contributed by atoms with Crippen LogP contribution in [0, 0.1) is 5.82 Å². The fourth-order valence-electron chi connectivity index (χ4n) is 3.65. The largest absolute Gasteiger partial charge is 0.352 e. The minimum Gasteiger partial charge on any atom is -0.352 e. The van der Waals surface area contributed by atoms with E-state index in [2.05, 4.69) is 12.2 Å². The number of carbonyl (C=O) groups is 1. The second kappa shape index (κ2) is 17.7. The molecule has 1 N–H and O–H groups in total. The zero-order chi connectivity index (χ0) is 21.2. The summed E-state index contributed by atoms with van der Waals surface area (Å²) in [4.78, 5) is 12.0. The van der Waals surface area contributed by atoms with E-state index < -0.39 is 5.82 Å². The van der Waals surface area contributed by atoms with E-state index in [1.807, 2.05) is 0 Å². The number of benzene rings is 1. The molecule has 1 aromatic rings. The van der Waals surface area contributed by atoms with Gasteiger partial charge in [0.2, 0.25) is 0 Å². The summed E-state index contributed by atoms with van der Waals surface area (Å²) in [6.07, 6.45) is 21.2. The number of carbonyl (C=O) groups excluding carboxylic acids is 1. The van der Waals surface area contributed by atoms with Crippen LogP contribution in [0.2, 0.25) is 5.02 Å². The normalized spacial score (nSPS) is 11.0. The summed E-state index contributed by atoms with van der Waals surface area (Å²) in [6.45, 7) is 2.86. The number of nitrogens with one attached hydrogen (secondary N) is 1. The number of amides is 1. The molecule has 1 rings (SSSR count). The molecule has 2 nitrogen and oxygen atoms in total. The van der Waals surface area contributed by atoms with Crippen LogP contribution in [0.4, 0.5) is 4.39 Å². The van der Waals surface area contributed by atoms with Crippen LogP contribution in [-0.2, 0) is 0 Å². The predicted molar refractivity (Wildman–Crippen MR) is 123 cm³/mol. The van der Waals surface area contributed by atoms with Crippen LogP contribution in [0.25, 0.3) is 0 Å². The second-order valence-electron chi connectivity index (χ2n) is 8.16. The van der Waals surface area contributed by atoms with Gasteiger partial charge in [0.15, 0.2) is 5.82 Å². The van der Waals surface area contributed by atoms with Crippen LogP contribution in [-0.4, -0.2) is 12.5 Å². The lowest BCUT2D eigenvalue weighted by Crippen LogP contribution is -2.25. The van der Waals surface area contributed by atoms with E-state index in [0.717, 1.165) is 12.8 Å². The van der Waals surface area contributed by atoms with Crippen molar-refractivity contribution < 1.29 is 9.18 Å². The third kappa shape index (κ3) is 12.9. The molecular formula is C25H41ClFNO. The molecule has 1 amide bonds. The summed E-state index contributed by atoms with van der Waals surface area (Å²) >= 11 is 5.71. The van der Waals surface area contributed by atoms with Gasteiger partial charge < -0.3 is 5.32 Å². The first-order valence-electron chi connectivity index (χ1n) is 11.9. The first-order chi connectivity index (χ1) is 14.2. The minimum atomic E-state index is -0.640. The summed E-state index contributed by atoms with van der Waals surface area (Å²) in [5, 5.41) is 2.77. The molecule has 0 fully saturated rings. The quantitative estimate of drug-likeness (QED) is 0.235. The molecule has 0 bridgehead atoms. The van der Waals surface area contributed by atoms with Gasteiger partial charge in [-0.2, -0.15) is 0 Å². The van der Waals surface area contributed by atoms with Gasteiger partial charge in [-0.15, -0.1) is 0 Å². The number of hydrogen-bond donors (Lipinski definition) is 1. The smallest absolute Gasteiger partial charge is 0.254 e. The van der Waals surface area contributed by atoms with Crippen molar-refractivity contribution in [3.8, 4) is 0 Å². The molecule has 0 saturated heterocycles.